The van der Waals surface area contributed by atoms with Crippen molar-refractivity contribution in [1.29, 1.82) is 0 Å². The minimum Gasteiger partial charge on any atom is -0.389 e. The fraction of sp³-hybridized carbons (Fsp3) is 1.00. The van der Waals surface area contributed by atoms with Crippen LogP contribution in [-0.4, -0.2) is 10.7 Å². The van der Waals surface area contributed by atoms with Gasteiger partial charge in [0.15, 0.2) is 0 Å². The molecule has 1 N–H and O–H groups in total. The van der Waals surface area contributed by atoms with Crippen molar-refractivity contribution in [2.75, 3.05) is 0 Å². The van der Waals surface area contributed by atoms with Crippen molar-refractivity contribution in [3.63, 3.8) is 0 Å². The van der Waals surface area contributed by atoms with Gasteiger partial charge in [-0.3, -0.25) is 0 Å². The third kappa shape index (κ3) is 2.14. The molecular weight excluding hydrogens is 280 g/mol. The van der Waals surface area contributed by atoms with Crippen LogP contribution in [0.15, 0.2) is 0 Å². The Morgan fingerprint density at radius 1 is 0.870 bits per heavy atom. The van der Waals surface area contributed by atoms with Crippen LogP contribution in [0.2, 0.25) is 0 Å². The van der Waals surface area contributed by atoms with E-state index in [0.29, 0.717) is 5.41 Å². The minimum atomic E-state index is -0.359. The van der Waals surface area contributed by atoms with E-state index < -0.39 is 0 Å². The predicted octanol–water partition coefficient (Wildman–Crippen LogP) is 5.95. The van der Waals surface area contributed by atoms with Gasteiger partial charge in [-0.05, 0) is 92.3 Å². The Morgan fingerprint density at radius 3 is 2.43 bits per heavy atom. The molecule has 7 atom stereocenters. The van der Waals surface area contributed by atoms with Gasteiger partial charge in [0.25, 0.3) is 0 Å². The van der Waals surface area contributed by atoms with Gasteiger partial charge in [-0.1, -0.05) is 40.0 Å². The molecule has 0 aliphatic heterocycles. The molecule has 0 bridgehead atoms. The molecule has 4 rings (SSSR count). The van der Waals surface area contributed by atoms with E-state index in [1.165, 1.54) is 57.8 Å². The summed E-state index contributed by atoms with van der Waals surface area (Å²) in [6, 6.07) is 0. The molecule has 1 nitrogen and oxygen atoms in total. The summed E-state index contributed by atoms with van der Waals surface area (Å²) in [5.74, 6) is 3.69. The van der Waals surface area contributed by atoms with E-state index in [1.807, 2.05) is 0 Å². The highest BCUT2D eigenvalue weighted by molar-refractivity contribution is 5.13. The van der Waals surface area contributed by atoms with Gasteiger partial charge in [-0.15, -0.1) is 0 Å². The highest BCUT2D eigenvalue weighted by Crippen LogP contribution is 2.68. The summed E-state index contributed by atoms with van der Waals surface area (Å²) < 4.78 is 0. The zero-order valence-electron chi connectivity index (χ0n) is 15.7. The first-order valence-corrected chi connectivity index (χ1v) is 10.7. The summed E-state index contributed by atoms with van der Waals surface area (Å²) in [7, 11) is 0. The van der Waals surface area contributed by atoms with Crippen LogP contribution in [-0.2, 0) is 0 Å². The first-order valence-electron chi connectivity index (χ1n) is 10.7. The molecule has 0 aromatic carbocycles. The van der Waals surface area contributed by atoms with Crippen LogP contribution in [0, 0.1) is 34.5 Å². The quantitative estimate of drug-likeness (QED) is 0.667. The van der Waals surface area contributed by atoms with Crippen molar-refractivity contribution in [3.8, 4) is 0 Å². The third-order valence-corrected chi connectivity index (χ3v) is 9.57. The van der Waals surface area contributed by atoms with Crippen LogP contribution in [0.3, 0.4) is 0 Å². The van der Waals surface area contributed by atoms with Gasteiger partial charge in [0.1, 0.15) is 0 Å². The van der Waals surface area contributed by atoms with E-state index in [1.54, 1.807) is 0 Å². The van der Waals surface area contributed by atoms with E-state index in [-0.39, 0.29) is 11.0 Å². The molecule has 0 amide bonds. The highest BCUT2D eigenvalue weighted by atomic mass is 16.3. The Labute approximate surface area is 143 Å². The van der Waals surface area contributed by atoms with Crippen molar-refractivity contribution >= 4 is 0 Å². The first-order chi connectivity index (χ1) is 10.9. The van der Waals surface area contributed by atoms with Crippen LogP contribution in [0.5, 0.6) is 0 Å². The molecule has 0 aromatic heterocycles. The summed E-state index contributed by atoms with van der Waals surface area (Å²) in [4.78, 5) is 0. The van der Waals surface area contributed by atoms with Crippen LogP contribution in [0.25, 0.3) is 0 Å². The number of fused-ring (bicyclic) bond motifs is 5. The van der Waals surface area contributed by atoms with Crippen molar-refractivity contribution < 1.29 is 5.11 Å². The standard InChI is InChI=1S/C22H38O/c1-4-12-22(23)15-11-19-17-9-8-16-7-5-6-13-20(16,2)18(17)10-14-21(19,22)3/h16-19,23H,4-15H2,1-3H3/t16-,17+,18+,19-,20+,21+,22+/m1/s1. The first kappa shape index (κ1) is 16.4. The highest BCUT2D eigenvalue weighted by Gasteiger charge is 2.63. The molecular formula is C22H38O. The Morgan fingerprint density at radius 2 is 1.65 bits per heavy atom. The smallest absolute Gasteiger partial charge is 0.0703 e. The number of aliphatic hydroxyl groups is 1. The van der Waals surface area contributed by atoms with Crippen LogP contribution >= 0.6 is 0 Å². The summed E-state index contributed by atoms with van der Waals surface area (Å²) in [6.07, 6.45) is 16.1. The Kier molecular flexibility index (Phi) is 3.91. The SMILES string of the molecule is CCC[C@]1(O)CC[C@@H]2[C@H]3CC[C@H]4CCCC[C@]4(C)[C@H]3CC[C@@]21C. The van der Waals surface area contributed by atoms with Gasteiger partial charge >= 0.3 is 0 Å². The van der Waals surface area contributed by atoms with E-state index >= 15 is 0 Å². The molecule has 1 heteroatoms. The molecule has 4 aliphatic rings. The maximum absolute atomic E-state index is 11.4. The number of rotatable bonds is 2. The molecule has 4 saturated carbocycles. The summed E-state index contributed by atoms with van der Waals surface area (Å²) in [5, 5.41) is 11.4. The largest absolute Gasteiger partial charge is 0.389 e. The zero-order chi connectivity index (χ0) is 16.3. The van der Waals surface area contributed by atoms with Gasteiger partial charge in [0, 0.05) is 0 Å². The van der Waals surface area contributed by atoms with Gasteiger partial charge in [0.05, 0.1) is 5.60 Å². The van der Waals surface area contributed by atoms with Gasteiger partial charge in [-0.25, -0.2) is 0 Å². The van der Waals surface area contributed by atoms with Crippen LogP contribution in [0.4, 0.5) is 0 Å². The van der Waals surface area contributed by atoms with E-state index in [4.69, 9.17) is 0 Å². The van der Waals surface area contributed by atoms with Crippen molar-refractivity contribution in [3.05, 3.63) is 0 Å². The fourth-order valence-electron chi connectivity index (χ4n) is 8.23. The lowest BCUT2D eigenvalue weighted by molar-refractivity contribution is -0.153. The molecule has 0 spiro atoms. The Balaban J connectivity index is 1.63. The van der Waals surface area contributed by atoms with E-state index in [9.17, 15) is 5.11 Å². The van der Waals surface area contributed by atoms with Crippen LogP contribution in [0.1, 0.15) is 97.8 Å². The minimum absolute atomic E-state index is 0.210. The molecule has 0 radical (unpaired) electrons. The van der Waals surface area contributed by atoms with Gasteiger partial charge in [0.2, 0.25) is 0 Å². The topological polar surface area (TPSA) is 20.2 Å². The van der Waals surface area contributed by atoms with Crippen LogP contribution < -0.4 is 0 Å². The van der Waals surface area contributed by atoms with E-state index in [2.05, 4.69) is 20.8 Å². The predicted molar refractivity (Wildman–Crippen MR) is 96.2 cm³/mol. The fourth-order valence-corrected chi connectivity index (χ4v) is 8.23. The number of hydrogen-bond donors (Lipinski definition) is 1. The monoisotopic (exact) mass is 318 g/mol. The Hall–Kier alpha value is -0.0400. The molecule has 4 aliphatic carbocycles. The van der Waals surface area contributed by atoms with Gasteiger partial charge < -0.3 is 5.11 Å². The van der Waals surface area contributed by atoms with Crippen molar-refractivity contribution in [2.24, 2.45) is 34.5 Å². The second kappa shape index (κ2) is 5.48. The molecule has 23 heavy (non-hydrogen) atoms. The van der Waals surface area contributed by atoms with Crippen molar-refractivity contribution in [1.82, 2.24) is 0 Å². The molecule has 132 valence electrons. The van der Waals surface area contributed by atoms with E-state index in [0.717, 1.165) is 42.9 Å². The Bertz CT molecular complexity index is 459. The maximum Gasteiger partial charge on any atom is 0.0703 e. The zero-order valence-corrected chi connectivity index (χ0v) is 15.7. The lowest BCUT2D eigenvalue weighted by Gasteiger charge is -2.61. The number of hydrogen-bond acceptors (Lipinski definition) is 1. The average Bonchev–Trinajstić information content (AvgIpc) is 2.79. The molecule has 0 aromatic rings. The summed E-state index contributed by atoms with van der Waals surface area (Å²) >= 11 is 0. The average molecular weight is 319 g/mol. The lowest BCUT2D eigenvalue weighted by atomic mass is 9.44. The lowest BCUT2D eigenvalue weighted by Crippen LogP contribution is -2.56. The molecule has 4 fully saturated rings. The molecule has 0 saturated heterocycles. The van der Waals surface area contributed by atoms with Crippen molar-refractivity contribution in [2.45, 2.75) is 103 Å². The maximum atomic E-state index is 11.4. The second-order valence-corrected chi connectivity index (χ2v) is 10.2. The normalized spacial score (nSPS) is 55.8. The summed E-state index contributed by atoms with van der Waals surface area (Å²) in [6.45, 7) is 7.36. The molecule has 0 unspecified atom stereocenters. The molecule has 0 heterocycles. The third-order valence-electron chi connectivity index (χ3n) is 9.57. The summed E-state index contributed by atoms with van der Waals surface area (Å²) in [5.41, 5.74) is 0.484. The van der Waals surface area contributed by atoms with Gasteiger partial charge in [-0.2, -0.15) is 0 Å². The second-order valence-electron chi connectivity index (χ2n) is 10.2.